The summed E-state index contributed by atoms with van der Waals surface area (Å²) >= 11 is 0. The Morgan fingerprint density at radius 3 is 2.31 bits per heavy atom. The van der Waals surface area contributed by atoms with Gasteiger partial charge in [-0.1, -0.05) is 12.1 Å². The van der Waals surface area contributed by atoms with Crippen LogP contribution in [0.1, 0.15) is 10.4 Å². The third kappa shape index (κ3) is 3.63. The number of rotatable bonds is 4. The number of nitrogens with zero attached hydrogens (tertiary/aromatic N) is 3. The Balaban J connectivity index is 1.98. The minimum atomic E-state index is -1.42. The predicted molar refractivity (Wildman–Crippen MR) is 136 cm³/mol. The van der Waals surface area contributed by atoms with Gasteiger partial charge in [0.25, 0.3) is 11.8 Å². The Morgan fingerprint density at radius 2 is 1.67 bits per heavy atom. The van der Waals surface area contributed by atoms with E-state index in [2.05, 4.69) is 0 Å². The lowest BCUT2D eigenvalue weighted by atomic mass is 9.89. The van der Waals surface area contributed by atoms with Gasteiger partial charge < -0.3 is 19.2 Å². The fourth-order valence-corrected chi connectivity index (χ4v) is 4.49. The average molecular weight is 482 g/mol. The summed E-state index contributed by atoms with van der Waals surface area (Å²) in [5, 5.41) is 13.9. The quantitative estimate of drug-likeness (QED) is 0.252. The van der Waals surface area contributed by atoms with Gasteiger partial charge in [0, 0.05) is 71.7 Å². The van der Waals surface area contributed by atoms with Gasteiger partial charge in [0.2, 0.25) is 5.36 Å². The molecule has 2 aliphatic heterocycles. The molecule has 0 atom stereocenters. The maximum absolute atomic E-state index is 12.6. The zero-order valence-corrected chi connectivity index (χ0v) is 20.2. The molecule has 8 nitrogen and oxygen atoms in total. The second-order valence-corrected chi connectivity index (χ2v) is 8.96. The largest absolute Gasteiger partial charge is 0.545 e. The Morgan fingerprint density at radius 1 is 0.944 bits per heavy atom. The number of hydrogen-bond acceptors (Lipinski definition) is 6. The van der Waals surface area contributed by atoms with Crippen molar-refractivity contribution in [2.75, 3.05) is 38.0 Å². The lowest BCUT2D eigenvalue weighted by molar-refractivity contribution is -0.254. The molecule has 0 saturated carbocycles. The van der Waals surface area contributed by atoms with E-state index in [1.807, 2.05) is 74.1 Å². The molecule has 0 unspecified atom stereocenters. The van der Waals surface area contributed by atoms with Crippen LogP contribution in [0.5, 0.6) is 0 Å². The Kier molecular flexibility index (Phi) is 5.44. The van der Waals surface area contributed by atoms with Crippen LogP contribution in [0.15, 0.2) is 71.2 Å². The number of anilines is 2. The fourth-order valence-electron chi connectivity index (χ4n) is 4.49. The molecular formula is C28H23N3O5. The van der Waals surface area contributed by atoms with Crippen molar-refractivity contribution in [2.45, 2.75) is 0 Å². The first-order valence-corrected chi connectivity index (χ1v) is 11.3. The maximum atomic E-state index is 12.6. The van der Waals surface area contributed by atoms with Crippen LogP contribution in [0.4, 0.5) is 11.4 Å². The molecule has 180 valence electrons. The number of amides is 2. The zero-order valence-electron chi connectivity index (χ0n) is 20.2. The van der Waals surface area contributed by atoms with Gasteiger partial charge in [-0.15, -0.1) is 0 Å². The fraction of sp³-hybridized carbons (Fsp3) is 0.143. The molecule has 2 aromatic carbocycles. The van der Waals surface area contributed by atoms with Gasteiger partial charge in [-0.3, -0.25) is 9.59 Å². The van der Waals surface area contributed by atoms with Gasteiger partial charge in [-0.05, 0) is 24.3 Å². The molecular weight excluding hydrogens is 458 g/mol. The zero-order chi connectivity index (χ0) is 25.7. The summed E-state index contributed by atoms with van der Waals surface area (Å²) < 4.78 is 8.26. The van der Waals surface area contributed by atoms with Crippen LogP contribution in [0, 0.1) is 0 Å². The number of aromatic carboxylic acids is 1. The molecule has 0 N–H and O–H groups in total. The third-order valence-electron chi connectivity index (χ3n) is 6.28. The molecule has 2 heterocycles. The Hall–Kier alpha value is -4.72. The molecule has 36 heavy (non-hydrogen) atoms. The first kappa shape index (κ1) is 23.0. The van der Waals surface area contributed by atoms with Gasteiger partial charge in [0.1, 0.15) is 25.4 Å². The first-order valence-electron chi connectivity index (χ1n) is 11.3. The molecule has 2 amide bonds. The molecule has 0 spiro atoms. The van der Waals surface area contributed by atoms with Crippen molar-refractivity contribution in [3.63, 3.8) is 0 Å². The van der Waals surface area contributed by atoms with E-state index in [1.165, 1.54) is 24.3 Å². The highest BCUT2D eigenvalue weighted by molar-refractivity contribution is 6.30. The molecule has 0 fully saturated rings. The van der Waals surface area contributed by atoms with Crippen molar-refractivity contribution >= 4 is 40.1 Å². The number of carbonyl (C=O) groups is 3. The summed E-state index contributed by atoms with van der Waals surface area (Å²) in [6.07, 6.45) is 2.34. The van der Waals surface area contributed by atoms with Gasteiger partial charge >= 0.3 is 0 Å². The molecule has 8 heteroatoms. The molecule has 0 aromatic heterocycles. The monoisotopic (exact) mass is 481 g/mol. The van der Waals surface area contributed by atoms with E-state index >= 15 is 0 Å². The van der Waals surface area contributed by atoms with Crippen molar-refractivity contribution in [1.29, 1.82) is 0 Å². The van der Waals surface area contributed by atoms with E-state index in [-0.39, 0.29) is 16.8 Å². The van der Waals surface area contributed by atoms with E-state index in [4.69, 9.17) is 4.42 Å². The predicted octanol–water partition coefficient (Wildman–Crippen LogP) is 2.10. The van der Waals surface area contributed by atoms with E-state index in [9.17, 15) is 19.5 Å². The molecule has 0 radical (unpaired) electrons. The van der Waals surface area contributed by atoms with E-state index in [0.717, 1.165) is 15.9 Å². The van der Waals surface area contributed by atoms with Crippen LogP contribution in [0.2, 0.25) is 0 Å². The van der Waals surface area contributed by atoms with Gasteiger partial charge in [-0.2, -0.15) is 0 Å². The van der Waals surface area contributed by atoms with Crippen LogP contribution in [-0.4, -0.2) is 46.0 Å². The number of carboxylic acids is 1. The van der Waals surface area contributed by atoms with E-state index in [1.54, 1.807) is 6.07 Å². The highest BCUT2D eigenvalue weighted by atomic mass is 16.4. The summed E-state index contributed by atoms with van der Waals surface area (Å²) in [5.74, 6) is -1.99. The topological polar surface area (TPSA) is 96.9 Å². The number of carbonyl (C=O) groups excluding carboxylic acids is 3. The van der Waals surface area contributed by atoms with Crippen LogP contribution in [0.3, 0.4) is 0 Å². The van der Waals surface area contributed by atoms with Crippen LogP contribution in [0.25, 0.3) is 33.4 Å². The summed E-state index contributed by atoms with van der Waals surface area (Å²) in [6, 6.07) is 15.7. The lowest BCUT2D eigenvalue weighted by Crippen LogP contribution is -2.31. The summed E-state index contributed by atoms with van der Waals surface area (Å²) in [5.41, 5.74) is 2.82. The average Bonchev–Trinajstić information content (AvgIpc) is 3.18. The number of imide groups is 1. The third-order valence-corrected chi connectivity index (χ3v) is 6.28. The standard InChI is InChI=1S/C28H23N3O5/c1-29(2)16-8-10-18-22(14-16)36-23-15-17(30(3)4)9-11-19(23)26(18)27-20(28(34)35)6-5-7-21(27)31-24(32)12-13-25(31)33/h5-15H,1-4H3. The second-order valence-electron chi connectivity index (χ2n) is 8.96. The van der Waals surface area contributed by atoms with Crippen LogP contribution < -0.4 is 24.8 Å². The molecule has 2 aromatic rings. The Bertz CT molecular complexity index is 1640. The highest BCUT2D eigenvalue weighted by Gasteiger charge is 2.31. The molecule has 3 aliphatic rings. The number of benzene rings is 3. The molecule has 1 aliphatic carbocycles. The van der Waals surface area contributed by atoms with Crippen LogP contribution in [-0.2, 0) is 9.59 Å². The first-order chi connectivity index (χ1) is 17.2. The van der Waals surface area contributed by atoms with E-state index < -0.39 is 17.8 Å². The van der Waals surface area contributed by atoms with Crippen molar-refractivity contribution in [1.82, 2.24) is 4.58 Å². The SMILES string of the molecule is CN(C)c1ccc2c(-c3c(C(=O)[O-])cccc3N3C(=O)C=CC3=O)c3ccc(=[N+](C)C)cc-3oc2c1. The number of carboxylic acid groups (broad SMARTS) is 1. The van der Waals surface area contributed by atoms with Gasteiger partial charge in [0.05, 0.1) is 17.7 Å². The maximum Gasteiger partial charge on any atom is 0.258 e. The summed E-state index contributed by atoms with van der Waals surface area (Å²) in [7, 11) is 7.64. The highest BCUT2D eigenvalue weighted by Crippen LogP contribution is 2.46. The van der Waals surface area contributed by atoms with Crippen molar-refractivity contribution in [2.24, 2.45) is 0 Å². The van der Waals surface area contributed by atoms with Crippen LogP contribution >= 0.6 is 0 Å². The normalized spacial score (nSPS) is 13.2. The Labute approximate surface area is 207 Å². The smallest absolute Gasteiger partial charge is 0.258 e. The molecule has 0 bridgehead atoms. The summed E-state index contributed by atoms with van der Waals surface area (Å²) in [6.45, 7) is 0. The minimum Gasteiger partial charge on any atom is -0.545 e. The molecule has 5 rings (SSSR count). The van der Waals surface area contributed by atoms with E-state index in [0.29, 0.717) is 27.9 Å². The van der Waals surface area contributed by atoms with Crippen molar-refractivity contribution in [3.8, 4) is 22.5 Å². The van der Waals surface area contributed by atoms with Gasteiger partial charge in [-0.25, -0.2) is 9.48 Å². The number of hydrogen-bond donors (Lipinski definition) is 0. The molecule has 0 saturated heterocycles. The summed E-state index contributed by atoms with van der Waals surface area (Å²) in [4.78, 5) is 40.5. The van der Waals surface area contributed by atoms with Gasteiger partial charge in [0.15, 0.2) is 0 Å². The van der Waals surface area contributed by atoms with Crippen molar-refractivity contribution < 1.29 is 23.9 Å². The van der Waals surface area contributed by atoms with Crippen molar-refractivity contribution in [3.05, 3.63) is 77.7 Å². The minimum absolute atomic E-state index is 0.137. The number of fused-ring (bicyclic) bond motifs is 2. The lowest BCUT2D eigenvalue weighted by Gasteiger charge is -2.25. The second kappa shape index (κ2) is 8.49.